The van der Waals surface area contributed by atoms with Crippen molar-refractivity contribution in [3.05, 3.63) is 83.9 Å². The number of imidazole rings is 1. The molecule has 1 amide bonds. The van der Waals surface area contributed by atoms with Gasteiger partial charge in [0.25, 0.3) is 5.91 Å². The zero-order valence-corrected chi connectivity index (χ0v) is 12.5. The third-order valence-electron chi connectivity index (χ3n) is 3.66. The van der Waals surface area contributed by atoms with Crippen LogP contribution in [-0.4, -0.2) is 20.6 Å². The van der Waals surface area contributed by atoms with Gasteiger partial charge in [0.15, 0.2) is 0 Å². The molecule has 0 radical (unpaired) electrons. The average Bonchev–Trinajstić information content (AvgIpc) is 3.14. The fourth-order valence-corrected chi connectivity index (χ4v) is 2.36. The van der Waals surface area contributed by atoms with Crippen LogP contribution < -0.4 is 5.32 Å². The van der Waals surface area contributed by atoms with Crippen LogP contribution in [0.15, 0.2) is 67.3 Å². The largest absolute Gasteiger partial charge is 0.392 e. The Morgan fingerprint density at radius 1 is 1.09 bits per heavy atom. The fourth-order valence-electron chi connectivity index (χ4n) is 2.36. The summed E-state index contributed by atoms with van der Waals surface area (Å²) in [5, 5.41) is 12.2. The molecule has 0 aliphatic heterocycles. The van der Waals surface area contributed by atoms with Crippen molar-refractivity contribution in [2.75, 3.05) is 0 Å². The van der Waals surface area contributed by atoms with Gasteiger partial charge in [-0.05, 0) is 35.4 Å². The van der Waals surface area contributed by atoms with Gasteiger partial charge in [-0.2, -0.15) is 0 Å². The number of nitrogens with zero attached hydrogens (tertiary/aromatic N) is 2. The van der Waals surface area contributed by atoms with Gasteiger partial charge in [-0.1, -0.05) is 24.3 Å². The maximum Gasteiger partial charge on any atom is 0.251 e. The molecular weight excluding hydrogens is 290 g/mol. The molecule has 2 aromatic carbocycles. The van der Waals surface area contributed by atoms with Crippen LogP contribution in [0, 0.1) is 0 Å². The summed E-state index contributed by atoms with van der Waals surface area (Å²) in [5.74, 6) is -0.144. The van der Waals surface area contributed by atoms with Crippen LogP contribution in [0.1, 0.15) is 21.5 Å². The van der Waals surface area contributed by atoms with Gasteiger partial charge in [0.05, 0.1) is 12.9 Å². The van der Waals surface area contributed by atoms with E-state index in [4.69, 9.17) is 0 Å². The number of benzene rings is 2. The third-order valence-corrected chi connectivity index (χ3v) is 3.66. The Morgan fingerprint density at radius 3 is 2.48 bits per heavy atom. The lowest BCUT2D eigenvalue weighted by Crippen LogP contribution is -2.23. The fraction of sp³-hybridized carbons (Fsp3) is 0.111. The molecule has 23 heavy (non-hydrogen) atoms. The Bertz CT molecular complexity index is 780. The number of hydrogen-bond donors (Lipinski definition) is 2. The predicted octanol–water partition coefficient (Wildman–Crippen LogP) is 2.29. The van der Waals surface area contributed by atoms with Crippen LogP contribution >= 0.6 is 0 Å². The standard InChI is InChI=1S/C18H17N3O2/c22-12-16-4-2-1-3-15(16)11-20-18(23)14-5-7-17(8-6-14)21-10-9-19-13-21/h1-10,13,22H,11-12H2,(H,20,23). The van der Waals surface area contributed by atoms with E-state index in [1.54, 1.807) is 24.7 Å². The van der Waals surface area contributed by atoms with Gasteiger partial charge in [-0.15, -0.1) is 0 Å². The summed E-state index contributed by atoms with van der Waals surface area (Å²) in [7, 11) is 0. The van der Waals surface area contributed by atoms with Crippen molar-refractivity contribution in [1.82, 2.24) is 14.9 Å². The lowest BCUT2D eigenvalue weighted by Gasteiger charge is -2.09. The van der Waals surface area contributed by atoms with Crippen molar-refractivity contribution in [3.63, 3.8) is 0 Å². The summed E-state index contributed by atoms with van der Waals surface area (Å²) in [6.45, 7) is 0.352. The summed E-state index contributed by atoms with van der Waals surface area (Å²) in [6.07, 6.45) is 5.26. The zero-order chi connectivity index (χ0) is 16.1. The van der Waals surface area contributed by atoms with Gasteiger partial charge in [-0.25, -0.2) is 4.98 Å². The highest BCUT2D eigenvalue weighted by Crippen LogP contribution is 2.11. The van der Waals surface area contributed by atoms with E-state index in [0.29, 0.717) is 12.1 Å². The number of aliphatic hydroxyl groups excluding tert-OH is 1. The summed E-state index contributed by atoms with van der Waals surface area (Å²) >= 11 is 0. The molecule has 5 heteroatoms. The molecule has 1 heterocycles. The molecule has 0 unspecified atom stereocenters. The minimum Gasteiger partial charge on any atom is -0.392 e. The van der Waals surface area contributed by atoms with Gasteiger partial charge in [0, 0.05) is 30.2 Å². The molecule has 0 spiro atoms. The SMILES string of the molecule is O=C(NCc1ccccc1CO)c1ccc(-n2ccnc2)cc1. The molecule has 116 valence electrons. The van der Waals surface area contributed by atoms with Gasteiger partial charge in [0.2, 0.25) is 0 Å². The quantitative estimate of drug-likeness (QED) is 0.760. The van der Waals surface area contributed by atoms with Crippen LogP contribution in [0.4, 0.5) is 0 Å². The number of amides is 1. The van der Waals surface area contributed by atoms with Crippen LogP contribution in [0.3, 0.4) is 0 Å². The van der Waals surface area contributed by atoms with Crippen molar-refractivity contribution in [2.45, 2.75) is 13.2 Å². The normalized spacial score (nSPS) is 10.5. The maximum absolute atomic E-state index is 12.2. The number of aliphatic hydroxyl groups is 1. The number of carbonyl (C=O) groups is 1. The van der Waals surface area contributed by atoms with E-state index in [1.165, 1.54) is 0 Å². The highest BCUT2D eigenvalue weighted by atomic mass is 16.3. The van der Waals surface area contributed by atoms with E-state index in [2.05, 4.69) is 10.3 Å². The molecular formula is C18H17N3O2. The van der Waals surface area contributed by atoms with E-state index in [9.17, 15) is 9.90 Å². The van der Waals surface area contributed by atoms with E-state index in [1.807, 2.05) is 47.2 Å². The Labute approximate surface area is 134 Å². The summed E-state index contributed by atoms with van der Waals surface area (Å²) in [4.78, 5) is 16.2. The smallest absolute Gasteiger partial charge is 0.251 e. The molecule has 0 aliphatic carbocycles. The highest BCUT2D eigenvalue weighted by Gasteiger charge is 2.07. The molecule has 0 bridgehead atoms. The molecule has 1 aromatic heterocycles. The number of nitrogens with one attached hydrogen (secondary N) is 1. The first kappa shape index (κ1) is 15.0. The van der Waals surface area contributed by atoms with Gasteiger partial charge < -0.3 is 15.0 Å². The molecule has 2 N–H and O–H groups in total. The van der Waals surface area contributed by atoms with Crippen molar-refractivity contribution in [3.8, 4) is 5.69 Å². The molecule has 3 aromatic rings. The molecule has 0 saturated heterocycles. The van der Waals surface area contributed by atoms with Crippen molar-refractivity contribution >= 4 is 5.91 Å². The minimum absolute atomic E-state index is 0.0361. The molecule has 0 fully saturated rings. The lowest BCUT2D eigenvalue weighted by molar-refractivity contribution is 0.0950. The first-order valence-electron chi connectivity index (χ1n) is 7.32. The predicted molar refractivity (Wildman–Crippen MR) is 87.1 cm³/mol. The van der Waals surface area contributed by atoms with Crippen molar-refractivity contribution in [2.24, 2.45) is 0 Å². The van der Waals surface area contributed by atoms with Crippen LogP contribution in [-0.2, 0) is 13.2 Å². The summed E-state index contributed by atoms with van der Waals surface area (Å²) in [5.41, 5.74) is 3.28. The summed E-state index contributed by atoms with van der Waals surface area (Å²) < 4.78 is 1.87. The number of aromatic nitrogens is 2. The van der Waals surface area contributed by atoms with Crippen LogP contribution in [0.5, 0.6) is 0 Å². The molecule has 0 aliphatic rings. The van der Waals surface area contributed by atoms with Gasteiger partial charge >= 0.3 is 0 Å². The first-order chi connectivity index (χ1) is 11.3. The Balaban J connectivity index is 1.66. The van der Waals surface area contributed by atoms with Crippen LogP contribution in [0.25, 0.3) is 5.69 Å². The Morgan fingerprint density at radius 2 is 1.83 bits per heavy atom. The zero-order valence-electron chi connectivity index (χ0n) is 12.5. The lowest BCUT2D eigenvalue weighted by atomic mass is 10.1. The monoisotopic (exact) mass is 307 g/mol. The van der Waals surface area contributed by atoms with Crippen molar-refractivity contribution < 1.29 is 9.90 Å². The topological polar surface area (TPSA) is 67.2 Å². The highest BCUT2D eigenvalue weighted by molar-refractivity contribution is 5.94. The molecule has 5 nitrogen and oxygen atoms in total. The Kier molecular flexibility index (Phi) is 4.49. The molecule has 0 saturated carbocycles. The van der Waals surface area contributed by atoms with Gasteiger partial charge in [-0.3, -0.25) is 4.79 Å². The van der Waals surface area contributed by atoms with Crippen LogP contribution in [0.2, 0.25) is 0 Å². The number of hydrogen-bond acceptors (Lipinski definition) is 3. The number of carbonyl (C=O) groups excluding carboxylic acids is 1. The van der Waals surface area contributed by atoms with E-state index < -0.39 is 0 Å². The molecule has 0 atom stereocenters. The Hall–Kier alpha value is -2.92. The van der Waals surface area contributed by atoms with E-state index >= 15 is 0 Å². The van der Waals surface area contributed by atoms with Crippen molar-refractivity contribution in [1.29, 1.82) is 0 Å². The second-order valence-corrected chi connectivity index (χ2v) is 5.13. The van der Waals surface area contributed by atoms with Gasteiger partial charge in [0.1, 0.15) is 0 Å². The third kappa shape index (κ3) is 3.46. The minimum atomic E-state index is -0.144. The summed E-state index contributed by atoms with van der Waals surface area (Å²) in [6, 6.07) is 14.8. The average molecular weight is 307 g/mol. The second-order valence-electron chi connectivity index (χ2n) is 5.13. The molecule has 3 rings (SSSR count). The number of rotatable bonds is 5. The van der Waals surface area contributed by atoms with E-state index in [-0.39, 0.29) is 12.5 Å². The maximum atomic E-state index is 12.2. The second kappa shape index (κ2) is 6.89. The van der Waals surface area contributed by atoms with E-state index in [0.717, 1.165) is 16.8 Å². The first-order valence-corrected chi connectivity index (χ1v) is 7.32.